The molecule has 6 nitrogen and oxygen atoms in total. The molecule has 2 aliphatic rings. The molecule has 1 aromatic carbocycles. The molecular weight excluding hydrogens is 352 g/mol. The summed E-state index contributed by atoms with van der Waals surface area (Å²) in [4.78, 5) is 22.0. The molecular formula is C22H30N4O2. The van der Waals surface area contributed by atoms with Crippen LogP contribution >= 0.6 is 0 Å². The average Bonchev–Trinajstić information content (AvgIpc) is 3.17. The van der Waals surface area contributed by atoms with E-state index in [4.69, 9.17) is 4.74 Å². The van der Waals surface area contributed by atoms with Gasteiger partial charge in [0.05, 0.1) is 0 Å². The summed E-state index contributed by atoms with van der Waals surface area (Å²) in [7, 11) is 1.88. The molecule has 1 aromatic heterocycles. The van der Waals surface area contributed by atoms with Gasteiger partial charge in [-0.2, -0.15) is 0 Å². The maximum atomic E-state index is 13.2. The first-order valence-corrected chi connectivity index (χ1v) is 10.4. The van der Waals surface area contributed by atoms with Crippen LogP contribution in [0.15, 0.2) is 36.7 Å². The molecule has 0 aliphatic carbocycles. The Kier molecular flexibility index (Phi) is 6.07. The van der Waals surface area contributed by atoms with Crippen LogP contribution in [0.25, 0.3) is 0 Å². The van der Waals surface area contributed by atoms with E-state index in [0.717, 1.165) is 65.1 Å². The maximum absolute atomic E-state index is 13.2. The first kappa shape index (κ1) is 19.2. The second kappa shape index (κ2) is 8.88. The normalized spacial score (nSPS) is 18.0. The van der Waals surface area contributed by atoms with Crippen LogP contribution in [0.2, 0.25) is 0 Å². The van der Waals surface area contributed by atoms with Gasteiger partial charge in [0.1, 0.15) is 0 Å². The molecule has 2 aromatic rings. The minimum atomic E-state index is 0.0448. The molecule has 0 N–H and O–H groups in total. The van der Waals surface area contributed by atoms with E-state index in [1.807, 2.05) is 22.7 Å². The number of hydrogen-bond donors (Lipinski definition) is 0. The Morgan fingerprint density at radius 3 is 2.79 bits per heavy atom. The summed E-state index contributed by atoms with van der Waals surface area (Å²) in [6.07, 6.45) is 7.45. The number of amides is 1. The summed E-state index contributed by atoms with van der Waals surface area (Å²) < 4.78 is 7.33. The molecule has 6 heteroatoms. The van der Waals surface area contributed by atoms with Crippen LogP contribution in [-0.4, -0.2) is 64.1 Å². The third-order valence-corrected chi connectivity index (χ3v) is 5.99. The van der Waals surface area contributed by atoms with E-state index in [0.29, 0.717) is 5.82 Å². The second-order valence-corrected chi connectivity index (χ2v) is 7.85. The van der Waals surface area contributed by atoms with Crippen LogP contribution in [0.5, 0.6) is 0 Å². The van der Waals surface area contributed by atoms with Crippen molar-refractivity contribution in [3.63, 3.8) is 0 Å². The van der Waals surface area contributed by atoms with E-state index in [9.17, 15) is 4.79 Å². The zero-order valence-electron chi connectivity index (χ0n) is 16.7. The fourth-order valence-corrected chi connectivity index (χ4v) is 4.36. The molecule has 28 heavy (non-hydrogen) atoms. The van der Waals surface area contributed by atoms with Crippen molar-refractivity contribution in [2.45, 2.75) is 38.3 Å². The largest absolute Gasteiger partial charge is 0.381 e. The Labute approximate surface area is 167 Å². The Balaban J connectivity index is 1.37. The summed E-state index contributed by atoms with van der Waals surface area (Å²) in [6.45, 7) is 5.37. The summed E-state index contributed by atoms with van der Waals surface area (Å²) in [6, 6.07) is 8.98. The Morgan fingerprint density at radius 2 is 2.04 bits per heavy atom. The molecule has 0 radical (unpaired) electrons. The van der Waals surface area contributed by atoms with Crippen molar-refractivity contribution in [1.29, 1.82) is 0 Å². The molecule has 3 heterocycles. The van der Waals surface area contributed by atoms with Crippen LogP contribution in [0.3, 0.4) is 0 Å². The topological polar surface area (TPSA) is 50.6 Å². The number of carbonyl (C=O) groups excluding carboxylic acids is 1. The van der Waals surface area contributed by atoms with Crippen LogP contribution in [-0.2, 0) is 24.8 Å². The molecule has 2 aliphatic heterocycles. The number of fused-ring (bicyclic) bond motifs is 1. The number of rotatable bonds is 6. The molecule has 150 valence electrons. The zero-order valence-corrected chi connectivity index (χ0v) is 16.7. The average molecular weight is 383 g/mol. The summed E-state index contributed by atoms with van der Waals surface area (Å²) >= 11 is 0. The Bertz CT molecular complexity index is 797. The first-order valence-electron chi connectivity index (χ1n) is 10.4. The fourth-order valence-electron chi connectivity index (χ4n) is 4.36. The maximum Gasteiger partial charge on any atom is 0.290 e. The van der Waals surface area contributed by atoms with Crippen molar-refractivity contribution in [2.24, 2.45) is 7.05 Å². The molecule has 0 atom stereocenters. The van der Waals surface area contributed by atoms with Gasteiger partial charge in [-0.05, 0) is 36.8 Å². The monoisotopic (exact) mass is 382 g/mol. The lowest BCUT2D eigenvalue weighted by molar-refractivity contribution is 0.0270. The summed E-state index contributed by atoms with van der Waals surface area (Å²) in [5, 5.41) is 0. The lowest BCUT2D eigenvalue weighted by atomic mass is 10.00. The summed E-state index contributed by atoms with van der Waals surface area (Å²) in [5.41, 5.74) is 2.92. The molecule has 1 saturated heterocycles. The predicted octanol–water partition coefficient (Wildman–Crippen LogP) is 2.49. The van der Waals surface area contributed by atoms with Crippen molar-refractivity contribution in [2.75, 3.05) is 32.8 Å². The van der Waals surface area contributed by atoms with Crippen molar-refractivity contribution < 1.29 is 9.53 Å². The molecule has 1 amide bonds. The van der Waals surface area contributed by atoms with Gasteiger partial charge >= 0.3 is 0 Å². The van der Waals surface area contributed by atoms with E-state index in [-0.39, 0.29) is 11.9 Å². The third kappa shape index (κ3) is 4.28. The van der Waals surface area contributed by atoms with Gasteiger partial charge in [-0.25, -0.2) is 4.98 Å². The lowest BCUT2D eigenvalue weighted by Crippen LogP contribution is -2.45. The highest BCUT2D eigenvalue weighted by Gasteiger charge is 2.28. The van der Waals surface area contributed by atoms with Crippen molar-refractivity contribution in [3.05, 3.63) is 53.6 Å². The minimum absolute atomic E-state index is 0.0448. The summed E-state index contributed by atoms with van der Waals surface area (Å²) in [5.74, 6) is 0.571. The van der Waals surface area contributed by atoms with Crippen molar-refractivity contribution in [3.8, 4) is 0 Å². The standard InChI is InChI=1S/C22H30N4O2/c1-24-14-10-23-21(24)22(27)26(20-8-15-28-16-9-20)12-4-11-25-13-7-18-5-2-3-6-19(18)17-25/h2-3,5-6,10,14,20H,4,7-9,11-13,15-17H2,1H3. The van der Waals surface area contributed by atoms with Crippen LogP contribution in [0, 0.1) is 0 Å². The van der Waals surface area contributed by atoms with E-state index in [2.05, 4.69) is 34.1 Å². The first-order chi connectivity index (χ1) is 13.7. The number of hydrogen-bond acceptors (Lipinski definition) is 4. The number of ether oxygens (including phenoxy) is 1. The predicted molar refractivity (Wildman–Crippen MR) is 108 cm³/mol. The highest BCUT2D eigenvalue weighted by molar-refractivity contribution is 5.91. The molecule has 0 saturated carbocycles. The smallest absolute Gasteiger partial charge is 0.290 e. The van der Waals surface area contributed by atoms with Gasteiger partial charge in [-0.3, -0.25) is 9.69 Å². The number of carbonyl (C=O) groups is 1. The van der Waals surface area contributed by atoms with Crippen molar-refractivity contribution in [1.82, 2.24) is 19.4 Å². The van der Waals surface area contributed by atoms with Gasteiger partial charge in [-0.15, -0.1) is 0 Å². The molecule has 1 fully saturated rings. The fraction of sp³-hybridized carbons (Fsp3) is 0.545. The number of aromatic nitrogens is 2. The van der Waals surface area contributed by atoms with Crippen molar-refractivity contribution >= 4 is 5.91 Å². The van der Waals surface area contributed by atoms with Crippen LogP contribution in [0.4, 0.5) is 0 Å². The van der Waals surface area contributed by atoms with Crippen LogP contribution < -0.4 is 0 Å². The lowest BCUT2D eigenvalue weighted by Gasteiger charge is -2.35. The molecule has 0 spiro atoms. The highest BCUT2D eigenvalue weighted by Crippen LogP contribution is 2.20. The Morgan fingerprint density at radius 1 is 1.25 bits per heavy atom. The molecule has 0 unspecified atom stereocenters. The van der Waals surface area contributed by atoms with E-state index >= 15 is 0 Å². The van der Waals surface area contributed by atoms with Gasteiger partial charge in [0, 0.05) is 64.9 Å². The van der Waals surface area contributed by atoms with E-state index in [1.165, 1.54) is 11.1 Å². The zero-order chi connectivity index (χ0) is 19.3. The van der Waals surface area contributed by atoms with Gasteiger partial charge < -0.3 is 14.2 Å². The molecule has 4 rings (SSSR count). The highest BCUT2D eigenvalue weighted by atomic mass is 16.5. The minimum Gasteiger partial charge on any atom is -0.381 e. The number of imidazole rings is 1. The SMILES string of the molecule is Cn1ccnc1C(=O)N(CCCN1CCc2ccccc2C1)C1CCOCC1. The van der Waals surface area contributed by atoms with Crippen LogP contribution in [0.1, 0.15) is 41.0 Å². The number of nitrogens with zero attached hydrogens (tertiary/aromatic N) is 4. The third-order valence-electron chi connectivity index (χ3n) is 5.99. The Hall–Kier alpha value is -2.18. The van der Waals surface area contributed by atoms with E-state index < -0.39 is 0 Å². The molecule has 0 bridgehead atoms. The van der Waals surface area contributed by atoms with Gasteiger partial charge in [0.25, 0.3) is 5.91 Å². The van der Waals surface area contributed by atoms with Gasteiger partial charge in [0.15, 0.2) is 5.82 Å². The quantitative estimate of drug-likeness (QED) is 0.770. The van der Waals surface area contributed by atoms with Gasteiger partial charge in [-0.1, -0.05) is 24.3 Å². The number of benzene rings is 1. The van der Waals surface area contributed by atoms with E-state index in [1.54, 1.807) is 6.20 Å². The van der Waals surface area contributed by atoms with Gasteiger partial charge in [0.2, 0.25) is 0 Å². The second-order valence-electron chi connectivity index (χ2n) is 7.85. The number of aryl methyl sites for hydroxylation is 1.